The number of hydrogen-bond acceptors (Lipinski definition) is 2. The molecule has 32 heavy (non-hydrogen) atoms. The Bertz CT molecular complexity index is 749. The highest BCUT2D eigenvalue weighted by molar-refractivity contribution is 5.49. The maximum Gasteiger partial charge on any atom is 0.166 e. The Morgan fingerprint density at radius 1 is 0.688 bits per heavy atom. The van der Waals surface area contributed by atoms with Crippen molar-refractivity contribution in [2.75, 3.05) is 13.2 Å². The summed E-state index contributed by atoms with van der Waals surface area (Å²) in [5.41, 5.74) is -0.977. The topological polar surface area (TPSA) is 18.5 Å². The van der Waals surface area contributed by atoms with Crippen molar-refractivity contribution in [1.29, 1.82) is 0 Å². The Kier molecular flexibility index (Phi) is 13.7. The minimum atomic E-state index is -1.36. The summed E-state index contributed by atoms with van der Waals surface area (Å²) in [6.07, 6.45) is 1.57. The SMILES string of the molecule is C=C(/C(C)=C(F)/C(F)=C(\C)C(C)COC(C)CC)/C(F)=C(/F)C(=C)C(C)COC(C)CC. The molecule has 0 saturated heterocycles. The molecule has 0 aromatic carbocycles. The number of rotatable bonds is 14. The van der Waals surface area contributed by atoms with Crippen molar-refractivity contribution in [3.05, 3.63) is 58.8 Å². The van der Waals surface area contributed by atoms with Crippen LogP contribution in [0, 0.1) is 11.8 Å². The van der Waals surface area contributed by atoms with Crippen molar-refractivity contribution < 1.29 is 27.0 Å². The van der Waals surface area contributed by atoms with Crippen LogP contribution in [0.25, 0.3) is 0 Å². The molecule has 0 fully saturated rings. The second kappa shape index (κ2) is 14.5. The molecule has 0 bridgehead atoms. The van der Waals surface area contributed by atoms with E-state index in [1.165, 1.54) is 6.92 Å². The summed E-state index contributed by atoms with van der Waals surface area (Å²) in [5.74, 6) is -5.88. The van der Waals surface area contributed by atoms with Gasteiger partial charge in [-0.3, -0.25) is 0 Å². The molecule has 0 N–H and O–H groups in total. The third-order valence-electron chi connectivity index (χ3n) is 5.81. The Labute approximate surface area is 191 Å². The van der Waals surface area contributed by atoms with Crippen molar-refractivity contribution in [3.63, 3.8) is 0 Å². The molecule has 0 aliphatic heterocycles. The minimum Gasteiger partial charge on any atom is -0.378 e. The predicted molar refractivity (Wildman–Crippen MR) is 125 cm³/mol. The van der Waals surface area contributed by atoms with Crippen LogP contribution in [0.3, 0.4) is 0 Å². The van der Waals surface area contributed by atoms with Crippen molar-refractivity contribution in [2.24, 2.45) is 11.8 Å². The van der Waals surface area contributed by atoms with Crippen LogP contribution in [0.5, 0.6) is 0 Å². The van der Waals surface area contributed by atoms with Crippen molar-refractivity contribution in [2.45, 2.75) is 80.4 Å². The van der Waals surface area contributed by atoms with Gasteiger partial charge in [0.15, 0.2) is 23.3 Å². The molecule has 0 aromatic rings. The van der Waals surface area contributed by atoms with E-state index in [1.807, 2.05) is 27.7 Å². The van der Waals surface area contributed by atoms with Crippen molar-refractivity contribution in [1.82, 2.24) is 0 Å². The summed E-state index contributed by atoms with van der Waals surface area (Å²) >= 11 is 0. The molecule has 4 atom stereocenters. The van der Waals surface area contributed by atoms with Gasteiger partial charge in [-0.15, -0.1) is 0 Å². The van der Waals surface area contributed by atoms with Crippen LogP contribution < -0.4 is 0 Å². The van der Waals surface area contributed by atoms with E-state index in [0.29, 0.717) is 0 Å². The van der Waals surface area contributed by atoms with E-state index in [1.54, 1.807) is 13.8 Å². The molecule has 0 rings (SSSR count). The summed E-state index contributed by atoms with van der Waals surface area (Å²) in [4.78, 5) is 0. The Balaban J connectivity index is 5.59. The molecule has 184 valence electrons. The lowest BCUT2D eigenvalue weighted by molar-refractivity contribution is 0.0481. The lowest BCUT2D eigenvalue weighted by atomic mass is 9.97. The highest BCUT2D eigenvalue weighted by Gasteiger charge is 2.23. The van der Waals surface area contributed by atoms with Gasteiger partial charge in [0.25, 0.3) is 0 Å². The first kappa shape index (κ1) is 30.3. The number of ether oxygens (including phenoxy) is 2. The van der Waals surface area contributed by atoms with Crippen LogP contribution >= 0.6 is 0 Å². The van der Waals surface area contributed by atoms with E-state index < -0.39 is 40.4 Å². The van der Waals surface area contributed by atoms with Gasteiger partial charge in [-0.1, -0.05) is 40.9 Å². The fraction of sp³-hybridized carbons (Fsp3) is 0.615. The molecule has 4 unspecified atom stereocenters. The lowest BCUT2D eigenvalue weighted by Crippen LogP contribution is -2.15. The fourth-order valence-corrected chi connectivity index (χ4v) is 2.42. The number of hydrogen-bond donors (Lipinski definition) is 0. The first-order valence-electron chi connectivity index (χ1n) is 11.2. The molecule has 0 saturated carbocycles. The van der Waals surface area contributed by atoms with E-state index in [4.69, 9.17) is 9.47 Å². The van der Waals surface area contributed by atoms with Gasteiger partial charge in [-0.25, -0.2) is 17.6 Å². The van der Waals surface area contributed by atoms with E-state index in [2.05, 4.69) is 13.2 Å². The summed E-state index contributed by atoms with van der Waals surface area (Å²) in [5, 5.41) is 0. The van der Waals surface area contributed by atoms with Gasteiger partial charge in [0.2, 0.25) is 0 Å². The maximum absolute atomic E-state index is 14.7. The van der Waals surface area contributed by atoms with Crippen LogP contribution in [-0.4, -0.2) is 25.4 Å². The monoisotopic (exact) mass is 460 g/mol. The lowest BCUT2D eigenvalue weighted by Gasteiger charge is -2.18. The Morgan fingerprint density at radius 3 is 1.56 bits per heavy atom. The van der Waals surface area contributed by atoms with Gasteiger partial charge >= 0.3 is 0 Å². The molecule has 0 amide bonds. The molecular weight excluding hydrogens is 420 g/mol. The molecule has 0 aliphatic rings. The molecule has 0 spiro atoms. The number of allylic oxidation sites excluding steroid dienone is 6. The highest BCUT2D eigenvalue weighted by atomic mass is 19.2. The first-order valence-corrected chi connectivity index (χ1v) is 11.2. The molecule has 0 aliphatic carbocycles. The average molecular weight is 461 g/mol. The van der Waals surface area contributed by atoms with Crippen LogP contribution in [-0.2, 0) is 9.47 Å². The molecule has 2 nitrogen and oxygen atoms in total. The van der Waals surface area contributed by atoms with Crippen LogP contribution in [0.15, 0.2) is 58.8 Å². The standard InChI is InChI=1S/C26H40F4O2/c1-11-17(5)31-13-15(3)19(7)23(27)25(29)21(9)22(10)26(30)24(28)20(8)16(4)14-32-18(6)12-2/h15-18H,7,9,11-14H2,1-6,8,10H3/b24-20-,25-23-,26-22-. The highest BCUT2D eigenvalue weighted by Crippen LogP contribution is 2.34. The summed E-state index contributed by atoms with van der Waals surface area (Å²) in [6, 6.07) is 0. The van der Waals surface area contributed by atoms with E-state index in [-0.39, 0.29) is 42.5 Å². The second-order valence-corrected chi connectivity index (χ2v) is 8.47. The van der Waals surface area contributed by atoms with Crippen LogP contribution in [0.4, 0.5) is 17.6 Å². The van der Waals surface area contributed by atoms with Gasteiger partial charge in [0, 0.05) is 17.4 Å². The van der Waals surface area contributed by atoms with E-state index >= 15 is 0 Å². The van der Waals surface area contributed by atoms with Crippen LogP contribution in [0.1, 0.15) is 68.2 Å². The predicted octanol–water partition coefficient (Wildman–Crippen LogP) is 8.64. The van der Waals surface area contributed by atoms with Crippen molar-refractivity contribution in [3.8, 4) is 0 Å². The van der Waals surface area contributed by atoms with E-state index in [9.17, 15) is 17.6 Å². The second-order valence-electron chi connectivity index (χ2n) is 8.47. The van der Waals surface area contributed by atoms with Crippen molar-refractivity contribution >= 4 is 0 Å². The summed E-state index contributed by atoms with van der Waals surface area (Å²) in [7, 11) is 0. The third-order valence-corrected chi connectivity index (χ3v) is 5.81. The molecule has 0 radical (unpaired) electrons. The zero-order chi connectivity index (χ0) is 25.2. The summed E-state index contributed by atoms with van der Waals surface area (Å²) in [6.45, 7) is 21.1. The zero-order valence-corrected chi connectivity index (χ0v) is 20.9. The quantitative estimate of drug-likeness (QED) is 0.191. The molecule has 0 heterocycles. The smallest absolute Gasteiger partial charge is 0.166 e. The Hall–Kier alpha value is -1.66. The molecule has 6 heteroatoms. The fourth-order valence-electron chi connectivity index (χ4n) is 2.42. The maximum atomic E-state index is 14.7. The largest absolute Gasteiger partial charge is 0.378 e. The number of halogens is 4. The molecular formula is C26H40F4O2. The normalized spacial score (nSPS) is 18.1. The molecule has 0 aromatic heterocycles. The first-order chi connectivity index (χ1) is 14.8. The Morgan fingerprint density at radius 2 is 1.12 bits per heavy atom. The van der Waals surface area contributed by atoms with Gasteiger partial charge in [-0.2, -0.15) is 0 Å². The average Bonchev–Trinajstić information content (AvgIpc) is 2.80. The zero-order valence-electron chi connectivity index (χ0n) is 20.9. The summed E-state index contributed by atoms with van der Waals surface area (Å²) < 4.78 is 69.9. The third kappa shape index (κ3) is 9.07. The van der Waals surface area contributed by atoms with Crippen LogP contribution in [0.2, 0.25) is 0 Å². The van der Waals surface area contributed by atoms with Gasteiger partial charge in [-0.05, 0) is 57.3 Å². The van der Waals surface area contributed by atoms with E-state index in [0.717, 1.165) is 19.8 Å². The van der Waals surface area contributed by atoms with Gasteiger partial charge in [0.05, 0.1) is 25.4 Å². The van der Waals surface area contributed by atoms with Gasteiger partial charge < -0.3 is 9.47 Å². The van der Waals surface area contributed by atoms with Gasteiger partial charge in [0.1, 0.15) is 0 Å². The minimum absolute atomic E-state index is 0.00324.